The van der Waals surface area contributed by atoms with E-state index in [9.17, 15) is 13.0 Å². The van der Waals surface area contributed by atoms with E-state index in [2.05, 4.69) is 14.7 Å². The number of thiazole rings is 1. The van der Waals surface area contributed by atoms with Gasteiger partial charge in [0.15, 0.2) is 21.9 Å². The lowest BCUT2D eigenvalue weighted by Gasteiger charge is -2.26. The maximum Gasteiger partial charge on any atom is 0.186 e. The molecule has 12 heteroatoms. The Balaban J connectivity index is 1.58. The summed E-state index contributed by atoms with van der Waals surface area (Å²) in [5.41, 5.74) is -0.0529. The summed E-state index contributed by atoms with van der Waals surface area (Å²) in [5, 5.41) is 0.572. The second-order valence-electron chi connectivity index (χ2n) is 7.74. The Hall–Kier alpha value is -3.35. The van der Waals surface area contributed by atoms with Crippen LogP contribution in [0.1, 0.15) is 0 Å². The molecule has 186 valence electrons. The third-order valence-electron chi connectivity index (χ3n) is 5.46. The van der Waals surface area contributed by atoms with Crippen LogP contribution in [0.25, 0.3) is 21.7 Å². The molecule has 4 aromatic rings. The summed E-state index contributed by atoms with van der Waals surface area (Å²) < 4.78 is 78.8. The topological polar surface area (TPSA) is 67.4 Å². The fourth-order valence-electron chi connectivity index (χ4n) is 3.69. The van der Waals surface area contributed by atoms with Gasteiger partial charge in [-0.05, 0) is 48.0 Å². The summed E-state index contributed by atoms with van der Waals surface area (Å²) in [7, 11) is -2.35. The lowest BCUT2D eigenvalue weighted by Crippen LogP contribution is -2.36. The molecule has 0 radical (unpaired) electrons. The van der Waals surface area contributed by atoms with Gasteiger partial charge in [-0.1, -0.05) is 11.3 Å². The van der Waals surface area contributed by atoms with E-state index in [0.29, 0.717) is 41.9 Å². The Labute approximate surface area is 210 Å². The van der Waals surface area contributed by atoms with E-state index in [1.807, 2.05) is 4.90 Å². The van der Waals surface area contributed by atoms with Crippen LogP contribution >= 0.6 is 11.3 Å². The van der Waals surface area contributed by atoms with E-state index in [0.717, 1.165) is 30.3 Å². The molecule has 0 aliphatic carbocycles. The van der Waals surface area contributed by atoms with Crippen LogP contribution in [-0.4, -0.2) is 40.5 Å². The van der Waals surface area contributed by atoms with Crippen molar-refractivity contribution in [1.82, 2.24) is 9.97 Å². The van der Waals surface area contributed by atoms with Crippen molar-refractivity contribution in [2.75, 3.05) is 35.9 Å². The average molecular weight is 535 g/mol. The van der Waals surface area contributed by atoms with Gasteiger partial charge in [-0.2, -0.15) is 0 Å². The number of hydrogen-bond donors (Lipinski definition) is 1. The molecule has 1 unspecified atom stereocenters. The quantitative estimate of drug-likeness (QED) is 0.336. The van der Waals surface area contributed by atoms with E-state index in [-0.39, 0.29) is 11.4 Å². The minimum absolute atomic E-state index is 0.0639. The molecule has 0 saturated carbocycles. The maximum absolute atomic E-state index is 15.7. The number of morpholine rings is 1. The SMILES string of the molecule is O=S(Nc1ccc(F)c(-c2nc(N3CCOCC3)sc2-c2ccncc2)c1F)c1cc(F)ccc1F. The molecule has 36 heavy (non-hydrogen) atoms. The van der Waals surface area contributed by atoms with Crippen molar-refractivity contribution >= 4 is 33.1 Å². The second-order valence-corrected chi connectivity index (χ2v) is 9.90. The Morgan fingerprint density at radius 1 is 0.972 bits per heavy atom. The molecule has 1 N–H and O–H groups in total. The number of rotatable bonds is 6. The van der Waals surface area contributed by atoms with E-state index >= 15 is 8.78 Å². The number of nitrogens with one attached hydrogen (secondary N) is 1. The second kappa shape index (κ2) is 10.3. The van der Waals surface area contributed by atoms with E-state index in [1.165, 1.54) is 11.3 Å². The van der Waals surface area contributed by atoms with Gasteiger partial charge >= 0.3 is 0 Å². The molecule has 0 bridgehead atoms. The molecular weight excluding hydrogens is 516 g/mol. The number of pyridine rings is 1. The summed E-state index contributed by atoms with van der Waals surface area (Å²) in [6.45, 7) is 2.16. The van der Waals surface area contributed by atoms with Crippen LogP contribution in [0.4, 0.5) is 28.4 Å². The highest BCUT2D eigenvalue weighted by Gasteiger charge is 2.26. The van der Waals surface area contributed by atoms with Crippen LogP contribution in [0.5, 0.6) is 0 Å². The van der Waals surface area contributed by atoms with Crippen molar-refractivity contribution in [2.45, 2.75) is 4.90 Å². The van der Waals surface area contributed by atoms with E-state index < -0.39 is 44.7 Å². The number of anilines is 2. The van der Waals surface area contributed by atoms with Crippen LogP contribution in [0.2, 0.25) is 0 Å². The van der Waals surface area contributed by atoms with Crippen LogP contribution in [-0.2, 0) is 15.7 Å². The van der Waals surface area contributed by atoms with Crippen LogP contribution in [0.15, 0.2) is 59.8 Å². The molecule has 1 atom stereocenters. The average Bonchev–Trinajstić information content (AvgIpc) is 3.33. The largest absolute Gasteiger partial charge is 0.378 e. The Morgan fingerprint density at radius 2 is 1.69 bits per heavy atom. The number of halogens is 4. The summed E-state index contributed by atoms with van der Waals surface area (Å²) >= 11 is 1.28. The highest BCUT2D eigenvalue weighted by molar-refractivity contribution is 7.86. The molecule has 5 rings (SSSR count). The van der Waals surface area contributed by atoms with Crippen LogP contribution in [0.3, 0.4) is 0 Å². The van der Waals surface area contributed by atoms with Crippen molar-refractivity contribution in [2.24, 2.45) is 0 Å². The first-order valence-corrected chi connectivity index (χ1v) is 12.7. The molecule has 6 nitrogen and oxygen atoms in total. The normalized spacial score (nSPS) is 14.6. The lowest BCUT2D eigenvalue weighted by atomic mass is 10.1. The minimum Gasteiger partial charge on any atom is -0.378 e. The van der Waals surface area contributed by atoms with Gasteiger partial charge in [0.2, 0.25) is 0 Å². The predicted molar refractivity (Wildman–Crippen MR) is 130 cm³/mol. The van der Waals surface area contributed by atoms with Gasteiger partial charge < -0.3 is 9.64 Å². The highest BCUT2D eigenvalue weighted by Crippen LogP contribution is 2.43. The smallest absolute Gasteiger partial charge is 0.186 e. The fraction of sp³-hybridized carbons (Fsp3) is 0.167. The number of hydrogen-bond acceptors (Lipinski definition) is 6. The first-order chi connectivity index (χ1) is 17.4. The molecule has 3 heterocycles. The van der Waals surface area contributed by atoms with Crippen molar-refractivity contribution in [3.05, 3.63) is 78.1 Å². The number of nitrogens with zero attached hydrogens (tertiary/aromatic N) is 3. The molecular formula is C24H18F4N4O2S2. The standard InChI is InChI=1S/C24H18F4N4O2S2/c25-15-1-2-16(26)19(13-15)36(33)31-18-4-3-17(27)20(21(18)28)22-23(14-5-7-29-8-6-14)35-24(30-22)32-9-11-34-12-10-32/h1-8,13,31H,9-12H2. The maximum atomic E-state index is 15.7. The molecule has 0 spiro atoms. The van der Waals surface area contributed by atoms with E-state index in [4.69, 9.17) is 4.74 Å². The van der Waals surface area contributed by atoms with Crippen molar-refractivity contribution in [3.63, 3.8) is 0 Å². The van der Waals surface area contributed by atoms with Gasteiger partial charge in [-0.3, -0.25) is 9.71 Å². The van der Waals surface area contributed by atoms with Gasteiger partial charge in [0.1, 0.15) is 17.5 Å². The summed E-state index contributed by atoms with van der Waals surface area (Å²) in [6.07, 6.45) is 3.13. The molecule has 0 amide bonds. The summed E-state index contributed by atoms with van der Waals surface area (Å²) in [4.78, 5) is 10.6. The first-order valence-electron chi connectivity index (χ1n) is 10.8. The summed E-state index contributed by atoms with van der Waals surface area (Å²) in [6, 6.07) is 7.91. The summed E-state index contributed by atoms with van der Waals surface area (Å²) in [5.74, 6) is -3.68. The van der Waals surface area contributed by atoms with Crippen molar-refractivity contribution in [1.29, 1.82) is 0 Å². The zero-order valence-corrected chi connectivity index (χ0v) is 20.1. The fourth-order valence-corrected chi connectivity index (χ4v) is 5.75. The molecule has 1 saturated heterocycles. The number of ether oxygens (including phenoxy) is 1. The van der Waals surface area contributed by atoms with Crippen molar-refractivity contribution in [3.8, 4) is 21.7 Å². The zero-order chi connectivity index (χ0) is 25.2. The number of aromatic nitrogens is 2. The van der Waals surface area contributed by atoms with Gasteiger partial charge in [0.25, 0.3) is 0 Å². The molecule has 1 aliphatic heterocycles. The van der Waals surface area contributed by atoms with Gasteiger partial charge in [-0.25, -0.2) is 26.8 Å². The van der Waals surface area contributed by atoms with Crippen LogP contribution in [0, 0.1) is 23.3 Å². The van der Waals surface area contributed by atoms with Crippen LogP contribution < -0.4 is 9.62 Å². The molecule has 2 aromatic heterocycles. The Kier molecular flexibility index (Phi) is 6.99. The van der Waals surface area contributed by atoms with Gasteiger partial charge in [-0.15, -0.1) is 0 Å². The minimum atomic E-state index is -2.35. The molecule has 2 aromatic carbocycles. The molecule has 1 aliphatic rings. The van der Waals surface area contributed by atoms with Gasteiger partial charge in [0.05, 0.1) is 39.9 Å². The third kappa shape index (κ3) is 4.84. The number of benzene rings is 2. The Bertz CT molecular complexity index is 1430. The zero-order valence-electron chi connectivity index (χ0n) is 18.5. The van der Waals surface area contributed by atoms with Gasteiger partial charge in [0, 0.05) is 25.5 Å². The predicted octanol–water partition coefficient (Wildman–Crippen LogP) is 5.40. The van der Waals surface area contributed by atoms with E-state index in [1.54, 1.807) is 24.5 Å². The Morgan fingerprint density at radius 3 is 2.44 bits per heavy atom. The molecule has 1 fully saturated rings. The first kappa shape index (κ1) is 24.3. The third-order valence-corrected chi connectivity index (χ3v) is 7.75. The lowest BCUT2D eigenvalue weighted by molar-refractivity contribution is 0.122. The monoisotopic (exact) mass is 534 g/mol. The highest BCUT2D eigenvalue weighted by atomic mass is 32.2. The van der Waals surface area contributed by atoms with Crippen molar-refractivity contribution < 1.29 is 26.5 Å².